The van der Waals surface area contributed by atoms with Gasteiger partial charge in [0.1, 0.15) is 0 Å². The first-order valence-corrected chi connectivity index (χ1v) is 4.47. The van der Waals surface area contributed by atoms with Gasteiger partial charge in [-0.15, -0.1) is 5.92 Å². The van der Waals surface area contributed by atoms with Crippen LogP contribution in [0.1, 0.15) is 26.7 Å². The molecule has 0 amide bonds. The normalized spacial score (nSPS) is 11.9. The number of hydrogen-bond donors (Lipinski definition) is 1. The third-order valence-electron chi connectivity index (χ3n) is 1.66. The maximum atomic E-state index is 5.08. The third-order valence-corrected chi connectivity index (χ3v) is 1.66. The van der Waals surface area contributed by atoms with Crippen LogP contribution in [0.3, 0.4) is 0 Å². The largest absolute Gasteiger partial charge is 0.383 e. The minimum atomic E-state index is 0.459. The summed E-state index contributed by atoms with van der Waals surface area (Å²) in [4.78, 5) is 0. The van der Waals surface area contributed by atoms with Crippen LogP contribution in [0.2, 0.25) is 0 Å². The Kier molecular flexibility index (Phi) is 8.20. The average Bonchev–Trinajstić information content (AvgIpc) is 2.06. The van der Waals surface area contributed by atoms with E-state index < -0.39 is 0 Å². The van der Waals surface area contributed by atoms with E-state index in [0.29, 0.717) is 6.04 Å². The van der Waals surface area contributed by atoms with Crippen molar-refractivity contribution in [1.82, 2.24) is 5.32 Å². The first kappa shape index (κ1) is 11.5. The molecule has 0 spiro atoms. The van der Waals surface area contributed by atoms with Crippen LogP contribution in [-0.4, -0.2) is 26.3 Å². The molecule has 0 aromatic carbocycles. The lowest BCUT2D eigenvalue weighted by atomic mass is 10.2. The summed E-state index contributed by atoms with van der Waals surface area (Å²) in [6.45, 7) is 5.58. The molecule has 0 fully saturated rings. The van der Waals surface area contributed by atoms with Crippen LogP contribution in [0.15, 0.2) is 0 Å². The van der Waals surface area contributed by atoms with Crippen molar-refractivity contribution < 1.29 is 4.74 Å². The third kappa shape index (κ3) is 6.21. The second-order valence-corrected chi connectivity index (χ2v) is 2.75. The fourth-order valence-corrected chi connectivity index (χ4v) is 1.08. The minimum Gasteiger partial charge on any atom is -0.383 e. The number of methoxy groups -OCH3 is 1. The van der Waals surface area contributed by atoms with Gasteiger partial charge in [-0.05, 0) is 13.3 Å². The van der Waals surface area contributed by atoms with E-state index in [9.17, 15) is 0 Å². The van der Waals surface area contributed by atoms with Gasteiger partial charge in [-0.25, -0.2) is 0 Å². The summed E-state index contributed by atoms with van der Waals surface area (Å²) in [5.74, 6) is 5.83. The summed E-state index contributed by atoms with van der Waals surface area (Å²) < 4.78 is 5.08. The summed E-state index contributed by atoms with van der Waals surface area (Å²) in [7, 11) is 1.73. The average molecular weight is 169 g/mol. The smallest absolute Gasteiger partial charge is 0.0616 e. The highest BCUT2D eigenvalue weighted by Gasteiger charge is 2.03. The van der Waals surface area contributed by atoms with E-state index in [0.717, 1.165) is 19.6 Å². The van der Waals surface area contributed by atoms with Crippen LogP contribution < -0.4 is 5.32 Å². The van der Waals surface area contributed by atoms with Gasteiger partial charge in [-0.1, -0.05) is 19.3 Å². The van der Waals surface area contributed by atoms with Crippen LogP contribution >= 0.6 is 0 Å². The standard InChI is InChI=1S/C10H19NO/c1-4-6-8-11-10(7-5-2)9-12-3/h10-11H,5,7-9H2,1-3H3. The van der Waals surface area contributed by atoms with Gasteiger partial charge in [-0.3, -0.25) is 0 Å². The first-order chi connectivity index (χ1) is 5.85. The summed E-state index contributed by atoms with van der Waals surface area (Å²) in [5.41, 5.74) is 0. The van der Waals surface area contributed by atoms with Crippen molar-refractivity contribution in [2.75, 3.05) is 20.3 Å². The molecule has 2 heteroatoms. The number of hydrogen-bond acceptors (Lipinski definition) is 2. The monoisotopic (exact) mass is 169 g/mol. The molecular weight excluding hydrogens is 150 g/mol. The molecule has 1 atom stereocenters. The van der Waals surface area contributed by atoms with Crippen LogP contribution in [0.5, 0.6) is 0 Å². The molecule has 0 aromatic rings. The SMILES string of the molecule is CC#CCNC(CCC)COC. The number of nitrogens with one attached hydrogen (secondary N) is 1. The van der Waals surface area contributed by atoms with Crippen molar-refractivity contribution in [2.24, 2.45) is 0 Å². The molecule has 0 aliphatic carbocycles. The quantitative estimate of drug-likeness (QED) is 0.607. The number of ether oxygens (including phenoxy) is 1. The van der Waals surface area contributed by atoms with Gasteiger partial charge in [0.2, 0.25) is 0 Å². The fraction of sp³-hybridized carbons (Fsp3) is 0.800. The molecule has 70 valence electrons. The van der Waals surface area contributed by atoms with Gasteiger partial charge >= 0.3 is 0 Å². The highest BCUT2D eigenvalue weighted by Crippen LogP contribution is 1.95. The van der Waals surface area contributed by atoms with Crippen LogP contribution in [-0.2, 0) is 4.74 Å². The number of rotatable bonds is 6. The predicted octanol–water partition coefficient (Wildman–Crippen LogP) is 1.41. The Balaban J connectivity index is 3.52. The van der Waals surface area contributed by atoms with Gasteiger partial charge in [0.25, 0.3) is 0 Å². The zero-order chi connectivity index (χ0) is 9.23. The summed E-state index contributed by atoms with van der Waals surface area (Å²) in [5, 5.41) is 3.32. The Morgan fingerprint density at radius 3 is 2.75 bits per heavy atom. The van der Waals surface area contributed by atoms with E-state index in [1.54, 1.807) is 7.11 Å². The molecule has 0 aliphatic heterocycles. The van der Waals surface area contributed by atoms with E-state index in [2.05, 4.69) is 24.1 Å². The Morgan fingerprint density at radius 2 is 2.25 bits per heavy atom. The second kappa shape index (κ2) is 8.58. The molecule has 0 heterocycles. The Bertz CT molecular complexity index is 140. The van der Waals surface area contributed by atoms with Crippen molar-refractivity contribution >= 4 is 0 Å². The molecule has 0 aromatic heterocycles. The molecule has 0 radical (unpaired) electrons. The predicted molar refractivity (Wildman–Crippen MR) is 52.0 cm³/mol. The Morgan fingerprint density at radius 1 is 1.50 bits per heavy atom. The molecule has 0 saturated heterocycles. The molecule has 1 unspecified atom stereocenters. The zero-order valence-electron chi connectivity index (χ0n) is 8.31. The Labute approximate surface area is 75.7 Å². The lowest BCUT2D eigenvalue weighted by Gasteiger charge is -2.14. The highest BCUT2D eigenvalue weighted by molar-refractivity contribution is 4.97. The van der Waals surface area contributed by atoms with Crippen LogP contribution in [0.4, 0.5) is 0 Å². The van der Waals surface area contributed by atoms with E-state index in [1.165, 1.54) is 6.42 Å². The van der Waals surface area contributed by atoms with Crippen molar-refractivity contribution in [2.45, 2.75) is 32.7 Å². The molecule has 0 rings (SSSR count). The zero-order valence-corrected chi connectivity index (χ0v) is 8.31. The maximum Gasteiger partial charge on any atom is 0.0616 e. The van der Waals surface area contributed by atoms with Crippen LogP contribution in [0, 0.1) is 11.8 Å². The molecule has 12 heavy (non-hydrogen) atoms. The van der Waals surface area contributed by atoms with Crippen molar-refractivity contribution in [1.29, 1.82) is 0 Å². The lowest BCUT2D eigenvalue weighted by molar-refractivity contribution is 0.164. The second-order valence-electron chi connectivity index (χ2n) is 2.75. The van der Waals surface area contributed by atoms with Gasteiger partial charge in [-0.2, -0.15) is 0 Å². The lowest BCUT2D eigenvalue weighted by Crippen LogP contribution is -2.33. The van der Waals surface area contributed by atoms with Crippen LogP contribution in [0.25, 0.3) is 0 Å². The van der Waals surface area contributed by atoms with Gasteiger partial charge in [0.05, 0.1) is 13.2 Å². The molecule has 1 N–H and O–H groups in total. The minimum absolute atomic E-state index is 0.459. The molecule has 2 nitrogen and oxygen atoms in total. The van der Waals surface area contributed by atoms with E-state index >= 15 is 0 Å². The molecule has 0 bridgehead atoms. The highest BCUT2D eigenvalue weighted by atomic mass is 16.5. The molecular formula is C10H19NO. The van der Waals surface area contributed by atoms with E-state index in [1.807, 2.05) is 6.92 Å². The van der Waals surface area contributed by atoms with Crippen molar-refractivity contribution in [3.8, 4) is 11.8 Å². The topological polar surface area (TPSA) is 21.3 Å². The summed E-state index contributed by atoms with van der Waals surface area (Å²) >= 11 is 0. The van der Waals surface area contributed by atoms with Gasteiger partial charge in [0.15, 0.2) is 0 Å². The van der Waals surface area contributed by atoms with E-state index in [4.69, 9.17) is 4.74 Å². The maximum absolute atomic E-state index is 5.08. The Hall–Kier alpha value is -0.520. The molecule has 0 saturated carbocycles. The van der Waals surface area contributed by atoms with Crippen molar-refractivity contribution in [3.05, 3.63) is 0 Å². The van der Waals surface area contributed by atoms with Gasteiger partial charge in [0, 0.05) is 13.2 Å². The first-order valence-electron chi connectivity index (χ1n) is 4.47. The van der Waals surface area contributed by atoms with Crippen molar-refractivity contribution in [3.63, 3.8) is 0 Å². The van der Waals surface area contributed by atoms with Gasteiger partial charge < -0.3 is 10.1 Å². The fourth-order valence-electron chi connectivity index (χ4n) is 1.08. The molecule has 0 aliphatic rings. The summed E-state index contributed by atoms with van der Waals surface area (Å²) in [6.07, 6.45) is 2.33. The van der Waals surface area contributed by atoms with E-state index in [-0.39, 0.29) is 0 Å². The summed E-state index contributed by atoms with van der Waals surface area (Å²) in [6, 6.07) is 0.459.